The van der Waals surface area contributed by atoms with Crippen molar-refractivity contribution in [1.82, 2.24) is 4.90 Å². The molecule has 0 spiro atoms. The molecule has 0 saturated carbocycles. The minimum atomic E-state index is -0.745. The molecule has 0 atom stereocenters. The molecule has 1 heterocycles. The number of methoxy groups -OCH3 is 2. The van der Waals surface area contributed by atoms with Crippen molar-refractivity contribution in [3.8, 4) is 17.2 Å². The first-order chi connectivity index (χ1) is 22.5. The van der Waals surface area contributed by atoms with E-state index >= 15 is 0 Å². The Hall–Kier alpha value is -4.07. The second-order valence-electron chi connectivity index (χ2n) is 11.8. The van der Waals surface area contributed by atoms with Gasteiger partial charge in [0, 0.05) is 17.2 Å². The summed E-state index contributed by atoms with van der Waals surface area (Å²) in [6.45, 7) is 2.81. The van der Waals surface area contributed by atoms with Crippen LogP contribution in [0.25, 0.3) is 0 Å². The Morgan fingerprint density at radius 2 is 1.33 bits per heavy atom. The van der Waals surface area contributed by atoms with Crippen molar-refractivity contribution in [2.24, 2.45) is 7.05 Å². The molecule has 0 radical (unpaired) electrons. The monoisotopic (exact) mass is 633 g/mol. The van der Waals surface area contributed by atoms with Gasteiger partial charge in [0.25, 0.3) is 5.91 Å². The van der Waals surface area contributed by atoms with Crippen molar-refractivity contribution in [2.45, 2.75) is 97.1 Å². The number of nitrogens with zero attached hydrogens (tertiary/aromatic N) is 2. The average Bonchev–Trinajstić information content (AvgIpc) is 3.08. The zero-order valence-corrected chi connectivity index (χ0v) is 28.3. The zero-order chi connectivity index (χ0) is 33.0. The van der Waals surface area contributed by atoms with Gasteiger partial charge in [-0.05, 0) is 42.3 Å². The second-order valence-corrected chi connectivity index (χ2v) is 11.8. The van der Waals surface area contributed by atoms with E-state index in [9.17, 15) is 9.59 Å². The van der Waals surface area contributed by atoms with Gasteiger partial charge in [0.2, 0.25) is 5.75 Å². The number of aryl methyl sites for hydroxylation is 1. The van der Waals surface area contributed by atoms with Crippen LogP contribution in [0.3, 0.4) is 0 Å². The highest BCUT2D eigenvalue weighted by molar-refractivity contribution is 6.02. The van der Waals surface area contributed by atoms with Gasteiger partial charge in [-0.2, -0.15) is 0 Å². The van der Waals surface area contributed by atoms with Gasteiger partial charge in [-0.1, -0.05) is 95.8 Å². The van der Waals surface area contributed by atoms with E-state index in [0.29, 0.717) is 35.0 Å². The van der Waals surface area contributed by atoms with E-state index < -0.39 is 12.0 Å². The fourth-order valence-corrected chi connectivity index (χ4v) is 5.38. The number of hydrogen-bond acceptors (Lipinski definition) is 6. The Morgan fingerprint density at radius 3 is 1.89 bits per heavy atom. The van der Waals surface area contributed by atoms with Crippen LogP contribution in [0.5, 0.6) is 17.2 Å². The first kappa shape index (κ1) is 36.4. The molecule has 250 valence electrons. The van der Waals surface area contributed by atoms with Gasteiger partial charge in [-0.3, -0.25) is 4.79 Å². The standard InChI is InChI=1S/C38H53N2O6/c1-5-6-7-8-9-10-11-12-13-14-15-19-25-45-36-34(43-3)26-32(27-35(36)44-4)30-46-38(42)40(29-31-21-20-24-39(2)28-31)37(41)33-22-17-16-18-23-33/h16-18,20-24,26-28H,5-15,19,25,29-30H2,1-4H3/q+1. The third kappa shape index (κ3) is 12.4. The van der Waals surface area contributed by atoms with Gasteiger partial charge in [-0.25, -0.2) is 14.3 Å². The van der Waals surface area contributed by atoms with Crippen molar-refractivity contribution < 1.29 is 33.1 Å². The number of benzene rings is 2. The highest BCUT2D eigenvalue weighted by Gasteiger charge is 2.26. The van der Waals surface area contributed by atoms with E-state index in [0.717, 1.165) is 23.3 Å². The van der Waals surface area contributed by atoms with Crippen LogP contribution in [-0.4, -0.2) is 37.7 Å². The number of ether oxygens (including phenoxy) is 4. The quantitative estimate of drug-likeness (QED) is 0.0864. The van der Waals surface area contributed by atoms with Crippen LogP contribution in [0.2, 0.25) is 0 Å². The third-order valence-electron chi connectivity index (χ3n) is 7.95. The van der Waals surface area contributed by atoms with E-state index in [2.05, 4.69) is 6.92 Å². The molecule has 0 aliphatic rings. The molecule has 3 aromatic rings. The number of hydrogen-bond donors (Lipinski definition) is 0. The maximum atomic E-state index is 13.4. The lowest BCUT2D eigenvalue weighted by atomic mass is 10.1. The first-order valence-corrected chi connectivity index (χ1v) is 16.8. The van der Waals surface area contributed by atoms with Crippen LogP contribution in [-0.2, 0) is 24.9 Å². The predicted octanol–water partition coefficient (Wildman–Crippen LogP) is 8.59. The largest absolute Gasteiger partial charge is 0.493 e. The summed E-state index contributed by atoms with van der Waals surface area (Å²) in [5, 5.41) is 0. The van der Waals surface area contributed by atoms with Gasteiger partial charge < -0.3 is 18.9 Å². The first-order valence-electron chi connectivity index (χ1n) is 16.8. The maximum Gasteiger partial charge on any atom is 0.417 e. The van der Waals surface area contributed by atoms with Gasteiger partial charge >= 0.3 is 6.09 Å². The fraction of sp³-hybridized carbons (Fsp3) is 0.500. The van der Waals surface area contributed by atoms with E-state index in [4.69, 9.17) is 18.9 Å². The van der Waals surface area contributed by atoms with Crippen LogP contribution < -0.4 is 18.8 Å². The minimum absolute atomic E-state index is 0.0692. The fourth-order valence-electron chi connectivity index (χ4n) is 5.38. The van der Waals surface area contributed by atoms with Crippen molar-refractivity contribution >= 4 is 12.0 Å². The maximum absolute atomic E-state index is 13.4. The lowest BCUT2D eigenvalue weighted by molar-refractivity contribution is -0.672. The molecule has 46 heavy (non-hydrogen) atoms. The summed E-state index contributed by atoms with van der Waals surface area (Å²) in [7, 11) is 5.03. The topological polar surface area (TPSA) is 78.2 Å². The van der Waals surface area contributed by atoms with Crippen molar-refractivity contribution in [1.29, 1.82) is 0 Å². The van der Waals surface area contributed by atoms with Crippen LogP contribution in [0.4, 0.5) is 4.79 Å². The number of imide groups is 1. The Bertz CT molecular complexity index is 1300. The summed E-state index contributed by atoms with van der Waals surface area (Å²) >= 11 is 0. The molecule has 0 aliphatic heterocycles. The number of amides is 2. The minimum Gasteiger partial charge on any atom is -0.493 e. The van der Waals surface area contributed by atoms with Crippen LogP contribution >= 0.6 is 0 Å². The summed E-state index contributed by atoms with van der Waals surface area (Å²) < 4.78 is 24.9. The van der Waals surface area contributed by atoms with Crippen LogP contribution in [0.15, 0.2) is 67.0 Å². The molecule has 0 N–H and O–H groups in total. The lowest BCUT2D eigenvalue weighted by Crippen LogP contribution is -2.37. The molecular formula is C38H53N2O6+. The van der Waals surface area contributed by atoms with Gasteiger partial charge in [0.05, 0.1) is 27.4 Å². The highest BCUT2D eigenvalue weighted by atomic mass is 16.6. The summed E-state index contributed by atoms with van der Waals surface area (Å²) in [6.07, 6.45) is 18.4. The molecule has 0 bridgehead atoms. The zero-order valence-electron chi connectivity index (χ0n) is 28.3. The van der Waals surface area contributed by atoms with E-state index in [1.807, 2.05) is 42.2 Å². The molecule has 2 aromatic carbocycles. The average molecular weight is 634 g/mol. The lowest BCUT2D eigenvalue weighted by Gasteiger charge is -2.21. The van der Waals surface area contributed by atoms with Crippen LogP contribution in [0.1, 0.15) is 105 Å². The summed E-state index contributed by atoms with van der Waals surface area (Å²) in [4.78, 5) is 27.8. The van der Waals surface area contributed by atoms with Gasteiger partial charge in [-0.15, -0.1) is 0 Å². The third-order valence-corrected chi connectivity index (χ3v) is 7.95. The molecule has 3 rings (SSSR count). The molecule has 0 aliphatic carbocycles. The molecule has 0 saturated heterocycles. The highest BCUT2D eigenvalue weighted by Crippen LogP contribution is 2.39. The summed E-state index contributed by atoms with van der Waals surface area (Å²) in [5.74, 6) is 1.09. The smallest absolute Gasteiger partial charge is 0.417 e. The molecule has 8 nitrogen and oxygen atoms in total. The molecule has 0 unspecified atom stereocenters. The summed E-state index contributed by atoms with van der Waals surface area (Å²) in [6, 6.07) is 16.0. The molecule has 2 amide bonds. The number of carbonyl (C=O) groups excluding carboxylic acids is 2. The van der Waals surface area contributed by atoms with E-state index in [1.165, 1.54) is 64.2 Å². The molecular weight excluding hydrogens is 580 g/mol. The number of rotatable bonds is 21. The SMILES string of the molecule is CCCCCCCCCCCCCCOc1c(OC)cc(COC(=O)N(Cc2ccc[n+](C)c2)C(=O)c2ccccc2)cc1OC. The Morgan fingerprint density at radius 1 is 0.739 bits per heavy atom. The van der Waals surface area contributed by atoms with Gasteiger partial charge in [0.15, 0.2) is 23.9 Å². The number of aromatic nitrogens is 1. The summed E-state index contributed by atoms with van der Waals surface area (Å²) in [5.41, 5.74) is 1.85. The van der Waals surface area contributed by atoms with Crippen LogP contribution in [0, 0.1) is 0 Å². The van der Waals surface area contributed by atoms with E-state index in [-0.39, 0.29) is 13.2 Å². The van der Waals surface area contributed by atoms with Crippen molar-refractivity contribution in [3.63, 3.8) is 0 Å². The second kappa shape index (κ2) is 20.9. The predicted molar refractivity (Wildman–Crippen MR) is 180 cm³/mol. The number of carbonyl (C=O) groups is 2. The van der Waals surface area contributed by atoms with Crippen molar-refractivity contribution in [2.75, 3.05) is 20.8 Å². The number of unbranched alkanes of at least 4 members (excludes halogenated alkanes) is 11. The van der Waals surface area contributed by atoms with E-state index in [1.54, 1.807) is 50.6 Å². The molecule has 8 heteroatoms. The molecule has 0 fully saturated rings. The Kier molecular flexibility index (Phi) is 16.5. The van der Waals surface area contributed by atoms with Gasteiger partial charge in [0.1, 0.15) is 13.7 Å². The van der Waals surface area contributed by atoms with Crippen molar-refractivity contribution in [3.05, 3.63) is 83.7 Å². The Balaban J connectivity index is 1.53. The number of pyridine rings is 1. The molecule has 1 aromatic heterocycles. The Labute approximate surface area is 275 Å². The normalized spacial score (nSPS) is 10.8.